The fourth-order valence-electron chi connectivity index (χ4n) is 2.59. The van der Waals surface area contributed by atoms with Crippen LogP contribution in [0.3, 0.4) is 0 Å². The summed E-state index contributed by atoms with van der Waals surface area (Å²) in [5, 5.41) is 7.30. The molecule has 0 saturated carbocycles. The average Bonchev–Trinajstić information content (AvgIpc) is 3.13. The standard InChI is InChI=1S/C14H18N4O3S/c1-7-3-10(21-18-7)4-9-5-20-6-11(9)17-13(19)12-8(2)16-14(15)22-12/h3,9,11H,4-6H2,1-2H3,(H2,15,16)(H,17,19)/t9-,11+/m1/s1. The second-order valence-corrected chi connectivity index (χ2v) is 6.51. The van der Waals surface area contributed by atoms with Crippen molar-refractivity contribution in [1.82, 2.24) is 15.5 Å². The van der Waals surface area contributed by atoms with Gasteiger partial charge in [0.25, 0.3) is 5.91 Å². The van der Waals surface area contributed by atoms with E-state index in [1.165, 1.54) is 11.3 Å². The lowest BCUT2D eigenvalue weighted by molar-refractivity contribution is 0.0928. The van der Waals surface area contributed by atoms with E-state index < -0.39 is 0 Å². The molecule has 8 heteroatoms. The Kier molecular flexibility index (Phi) is 4.12. The second-order valence-electron chi connectivity index (χ2n) is 5.48. The Bertz CT molecular complexity index is 681. The predicted molar refractivity (Wildman–Crippen MR) is 81.8 cm³/mol. The van der Waals surface area contributed by atoms with Gasteiger partial charge in [0.1, 0.15) is 10.6 Å². The van der Waals surface area contributed by atoms with E-state index in [-0.39, 0.29) is 17.9 Å². The Hall–Kier alpha value is -1.93. The van der Waals surface area contributed by atoms with Crippen LogP contribution >= 0.6 is 11.3 Å². The van der Waals surface area contributed by atoms with Crippen LogP contribution in [0, 0.1) is 19.8 Å². The lowest BCUT2D eigenvalue weighted by Crippen LogP contribution is -2.40. The van der Waals surface area contributed by atoms with E-state index in [9.17, 15) is 4.79 Å². The summed E-state index contributed by atoms with van der Waals surface area (Å²) in [7, 11) is 0. The maximum Gasteiger partial charge on any atom is 0.263 e. The third kappa shape index (κ3) is 3.12. The minimum absolute atomic E-state index is 0.0550. The van der Waals surface area contributed by atoms with Crippen molar-refractivity contribution in [3.8, 4) is 0 Å². The van der Waals surface area contributed by atoms with Crippen LogP contribution in [-0.2, 0) is 11.2 Å². The molecule has 3 N–H and O–H groups in total. The van der Waals surface area contributed by atoms with Gasteiger partial charge in [0.15, 0.2) is 5.13 Å². The Morgan fingerprint density at radius 3 is 2.95 bits per heavy atom. The Morgan fingerprint density at radius 1 is 1.50 bits per heavy atom. The van der Waals surface area contributed by atoms with Crippen molar-refractivity contribution in [2.45, 2.75) is 26.3 Å². The number of anilines is 1. The van der Waals surface area contributed by atoms with Crippen molar-refractivity contribution in [2.75, 3.05) is 18.9 Å². The molecule has 1 aliphatic rings. The molecule has 2 atom stereocenters. The summed E-state index contributed by atoms with van der Waals surface area (Å²) in [4.78, 5) is 17.0. The number of aryl methyl sites for hydroxylation is 2. The molecule has 0 unspecified atom stereocenters. The third-order valence-electron chi connectivity index (χ3n) is 3.67. The van der Waals surface area contributed by atoms with Gasteiger partial charge in [-0.3, -0.25) is 4.79 Å². The molecule has 0 spiro atoms. The van der Waals surface area contributed by atoms with Crippen LogP contribution in [0.4, 0.5) is 5.13 Å². The Morgan fingerprint density at radius 2 is 2.32 bits per heavy atom. The number of rotatable bonds is 4. The van der Waals surface area contributed by atoms with Gasteiger partial charge in [-0.2, -0.15) is 0 Å². The highest BCUT2D eigenvalue weighted by Gasteiger charge is 2.31. The van der Waals surface area contributed by atoms with Gasteiger partial charge in [0, 0.05) is 18.4 Å². The number of nitrogen functional groups attached to an aromatic ring is 1. The van der Waals surface area contributed by atoms with Crippen LogP contribution in [0.15, 0.2) is 10.6 Å². The van der Waals surface area contributed by atoms with Crippen LogP contribution < -0.4 is 11.1 Å². The lowest BCUT2D eigenvalue weighted by atomic mass is 9.98. The van der Waals surface area contributed by atoms with Crippen LogP contribution in [0.2, 0.25) is 0 Å². The number of aromatic nitrogens is 2. The number of hydrogen-bond donors (Lipinski definition) is 2. The highest BCUT2D eigenvalue weighted by molar-refractivity contribution is 7.17. The zero-order valence-corrected chi connectivity index (χ0v) is 13.3. The van der Waals surface area contributed by atoms with E-state index in [0.29, 0.717) is 35.3 Å². The number of hydrogen-bond acceptors (Lipinski definition) is 7. The van der Waals surface area contributed by atoms with Gasteiger partial charge in [0.05, 0.1) is 30.6 Å². The summed E-state index contributed by atoms with van der Waals surface area (Å²) in [6.45, 7) is 4.75. The number of carbonyl (C=O) groups excluding carboxylic acids is 1. The average molecular weight is 322 g/mol. The first kappa shape index (κ1) is 15.0. The van der Waals surface area contributed by atoms with Gasteiger partial charge in [-0.1, -0.05) is 16.5 Å². The lowest BCUT2D eigenvalue weighted by Gasteiger charge is -2.17. The first-order chi connectivity index (χ1) is 10.5. The van der Waals surface area contributed by atoms with Crippen LogP contribution in [0.25, 0.3) is 0 Å². The highest BCUT2D eigenvalue weighted by Crippen LogP contribution is 2.23. The van der Waals surface area contributed by atoms with Crippen molar-refractivity contribution in [3.05, 3.63) is 28.1 Å². The summed E-state index contributed by atoms with van der Waals surface area (Å²) in [6.07, 6.45) is 0.690. The molecule has 2 aromatic rings. The van der Waals surface area contributed by atoms with Crippen LogP contribution in [0.1, 0.15) is 26.8 Å². The summed E-state index contributed by atoms with van der Waals surface area (Å²) in [5.74, 6) is 0.827. The molecule has 1 aliphatic heterocycles. The topological polar surface area (TPSA) is 103 Å². The van der Waals surface area contributed by atoms with Crippen molar-refractivity contribution in [1.29, 1.82) is 0 Å². The van der Waals surface area contributed by atoms with E-state index in [1.807, 2.05) is 13.0 Å². The second kappa shape index (κ2) is 6.05. The molecule has 0 bridgehead atoms. The molecule has 3 heterocycles. The quantitative estimate of drug-likeness (QED) is 0.880. The smallest absolute Gasteiger partial charge is 0.263 e. The maximum atomic E-state index is 12.3. The monoisotopic (exact) mass is 322 g/mol. The number of thiazole rings is 1. The van der Waals surface area contributed by atoms with Crippen molar-refractivity contribution < 1.29 is 14.1 Å². The summed E-state index contributed by atoms with van der Waals surface area (Å²) >= 11 is 1.20. The molecular formula is C14H18N4O3S. The normalized spacial score (nSPS) is 21.2. The van der Waals surface area contributed by atoms with E-state index in [1.54, 1.807) is 6.92 Å². The molecule has 2 aromatic heterocycles. The fraction of sp³-hybridized carbons (Fsp3) is 0.500. The van der Waals surface area contributed by atoms with Crippen molar-refractivity contribution in [2.24, 2.45) is 5.92 Å². The van der Waals surface area contributed by atoms with Gasteiger partial charge in [0.2, 0.25) is 0 Å². The third-order valence-corrected chi connectivity index (χ3v) is 4.66. The van der Waals surface area contributed by atoms with Crippen molar-refractivity contribution >= 4 is 22.4 Å². The summed E-state index contributed by atoms with van der Waals surface area (Å²) < 4.78 is 10.8. The van der Waals surface area contributed by atoms with E-state index in [4.69, 9.17) is 15.0 Å². The van der Waals surface area contributed by atoms with Crippen molar-refractivity contribution in [3.63, 3.8) is 0 Å². The number of nitrogens with two attached hydrogens (primary N) is 1. The number of ether oxygens (including phenoxy) is 1. The fourth-order valence-corrected chi connectivity index (χ4v) is 3.33. The molecule has 0 radical (unpaired) electrons. The van der Waals surface area contributed by atoms with E-state index >= 15 is 0 Å². The molecule has 1 saturated heterocycles. The molecule has 0 aromatic carbocycles. The SMILES string of the molecule is Cc1cc(C[C@@H]2COC[C@@H]2NC(=O)c2sc(N)nc2C)on1. The van der Waals surface area contributed by atoms with E-state index in [0.717, 1.165) is 11.5 Å². The molecular weight excluding hydrogens is 304 g/mol. The number of amides is 1. The first-order valence-corrected chi connectivity index (χ1v) is 7.88. The highest BCUT2D eigenvalue weighted by atomic mass is 32.1. The molecule has 7 nitrogen and oxygen atoms in total. The molecule has 1 amide bonds. The van der Waals surface area contributed by atoms with Gasteiger partial charge >= 0.3 is 0 Å². The zero-order chi connectivity index (χ0) is 15.7. The minimum Gasteiger partial charge on any atom is -0.379 e. The van der Waals surface area contributed by atoms with Gasteiger partial charge in [-0.05, 0) is 13.8 Å². The molecule has 22 heavy (non-hydrogen) atoms. The number of nitrogens with one attached hydrogen (secondary N) is 1. The molecule has 118 valence electrons. The molecule has 3 rings (SSSR count). The summed E-state index contributed by atoms with van der Waals surface area (Å²) in [6, 6.07) is 1.85. The largest absolute Gasteiger partial charge is 0.379 e. The number of carbonyl (C=O) groups is 1. The molecule has 1 fully saturated rings. The molecule has 0 aliphatic carbocycles. The van der Waals surface area contributed by atoms with E-state index in [2.05, 4.69) is 15.5 Å². The zero-order valence-electron chi connectivity index (χ0n) is 12.5. The number of nitrogens with zero attached hydrogens (tertiary/aromatic N) is 2. The maximum absolute atomic E-state index is 12.3. The van der Waals surface area contributed by atoms with Crippen LogP contribution in [0.5, 0.6) is 0 Å². The predicted octanol–water partition coefficient (Wildman–Crippen LogP) is 1.32. The van der Waals surface area contributed by atoms with Gasteiger partial charge in [-0.15, -0.1) is 0 Å². The van der Waals surface area contributed by atoms with Crippen LogP contribution in [-0.4, -0.2) is 35.3 Å². The van der Waals surface area contributed by atoms with Gasteiger partial charge < -0.3 is 20.3 Å². The minimum atomic E-state index is -0.152. The Balaban J connectivity index is 1.66. The summed E-state index contributed by atoms with van der Waals surface area (Å²) in [5.41, 5.74) is 7.15. The first-order valence-electron chi connectivity index (χ1n) is 7.06. The van der Waals surface area contributed by atoms with Gasteiger partial charge in [-0.25, -0.2) is 4.98 Å². The Labute approximate surface area is 131 Å².